The predicted molar refractivity (Wildman–Crippen MR) is 59.2 cm³/mol. The van der Waals surface area contributed by atoms with Crippen LogP contribution >= 0.6 is 0 Å². The number of nitrogens with zero attached hydrogens (tertiary/aromatic N) is 1. The molecule has 0 saturated heterocycles. The van der Waals surface area contributed by atoms with Crippen LogP contribution in [-0.2, 0) is 0 Å². The van der Waals surface area contributed by atoms with Gasteiger partial charge >= 0.3 is 0 Å². The van der Waals surface area contributed by atoms with E-state index in [-0.39, 0.29) is 11.0 Å². The molecule has 13 heavy (non-hydrogen) atoms. The highest BCUT2D eigenvalue weighted by molar-refractivity contribution is 5.49. The fourth-order valence-electron chi connectivity index (χ4n) is 1.64. The highest BCUT2D eigenvalue weighted by atomic mass is 14.9. The first kappa shape index (κ1) is 9.97. The summed E-state index contributed by atoms with van der Waals surface area (Å²) >= 11 is 0. The van der Waals surface area contributed by atoms with Crippen LogP contribution in [-0.4, -0.2) is 12.3 Å². The fraction of sp³-hybridized carbons (Fsp3) is 0.417. The van der Waals surface area contributed by atoms with E-state index in [1.807, 2.05) is 6.92 Å². The van der Waals surface area contributed by atoms with Crippen molar-refractivity contribution in [2.24, 2.45) is 10.4 Å². The second-order valence-electron chi connectivity index (χ2n) is 4.10. The van der Waals surface area contributed by atoms with Crippen molar-refractivity contribution in [2.45, 2.75) is 26.3 Å². The summed E-state index contributed by atoms with van der Waals surface area (Å²) in [6.07, 6.45) is 4.19. The molecule has 70 valence electrons. The van der Waals surface area contributed by atoms with Crippen molar-refractivity contribution in [3.63, 3.8) is 0 Å². The molecular weight excluding hydrogens is 158 g/mol. The normalized spacial score (nSPS) is 36.5. The SMILES string of the molecule is C=NC1(C)C=CC1(C)C(=C)C(=C)C. The van der Waals surface area contributed by atoms with Crippen LogP contribution in [0.5, 0.6) is 0 Å². The number of allylic oxidation sites excluding steroid dienone is 1. The standard InChI is InChI=1S/C12H17N/c1-9(2)10(3)11(4)7-8-12(11,5)13-6/h7-8H,1,3,6H2,2,4-5H3. The zero-order valence-electron chi connectivity index (χ0n) is 8.72. The molecule has 0 aromatic heterocycles. The summed E-state index contributed by atoms with van der Waals surface area (Å²) in [5.74, 6) is 0. The molecule has 0 fully saturated rings. The number of aliphatic imine (C=N–C) groups is 1. The molecule has 1 nitrogen and oxygen atoms in total. The Hall–Kier alpha value is -1.11. The Morgan fingerprint density at radius 1 is 1.23 bits per heavy atom. The van der Waals surface area contributed by atoms with E-state index in [0.717, 1.165) is 11.1 Å². The van der Waals surface area contributed by atoms with Crippen LogP contribution in [0.25, 0.3) is 0 Å². The van der Waals surface area contributed by atoms with Crippen LogP contribution < -0.4 is 0 Å². The minimum absolute atomic E-state index is 0.0966. The van der Waals surface area contributed by atoms with Gasteiger partial charge in [-0.15, -0.1) is 0 Å². The molecule has 1 aliphatic rings. The van der Waals surface area contributed by atoms with E-state index in [2.05, 4.69) is 50.9 Å². The van der Waals surface area contributed by atoms with Gasteiger partial charge in [-0.1, -0.05) is 30.9 Å². The quantitative estimate of drug-likeness (QED) is 0.355. The van der Waals surface area contributed by atoms with Crippen LogP contribution in [0.2, 0.25) is 0 Å². The number of hydrogen-bond acceptors (Lipinski definition) is 1. The summed E-state index contributed by atoms with van der Waals surface area (Å²) in [6.45, 7) is 17.7. The Morgan fingerprint density at radius 3 is 2.00 bits per heavy atom. The zero-order valence-corrected chi connectivity index (χ0v) is 8.72. The molecule has 1 heteroatoms. The first-order valence-corrected chi connectivity index (χ1v) is 4.41. The topological polar surface area (TPSA) is 12.4 Å². The van der Waals surface area contributed by atoms with Gasteiger partial charge in [-0.3, -0.25) is 4.99 Å². The van der Waals surface area contributed by atoms with Crippen LogP contribution in [0.15, 0.2) is 41.4 Å². The molecule has 1 aliphatic carbocycles. The van der Waals surface area contributed by atoms with E-state index in [9.17, 15) is 0 Å². The lowest BCUT2D eigenvalue weighted by Gasteiger charge is -2.48. The molecule has 0 saturated carbocycles. The third-order valence-corrected chi connectivity index (χ3v) is 3.26. The molecule has 0 radical (unpaired) electrons. The maximum atomic E-state index is 4.14. The molecule has 0 heterocycles. The van der Waals surface area contributed by atoms with E-state index >= 15 is 0 Å². The Morgan fingerprint density at radius 2 is 1.77 bits per heavy atom. The van der Waals surface area contributed by atoms with Gasteiger partial charge in [-0.05, 0) is 33.1 Å². The Kier molecular flexibility index (Phi) is 2.07. The summed E-state index contributed by atoms with van der Waals surface area (Å²) in [5.41, 5.74) is 1.76. The van der Waals surface area contributed by atoms with Gasteiger partial charge in [0.25, 0.3) is 0 Å². The summed E-state index contributed by atoms with van der Waals surface area (Å²) < 4.78 is 0. The monoisotopic (exact) mass is 175 g/mol. The molecule has 0 N–H and O–H groups in total. The van der Waals surface area contributed by atoms with Crippen LogP contribution in [0, 0.1) is 5.41 Å². The third kappa shape index (κ3) is 1.11. The van der Waals surface area contributed by atoms with E-state index < -0.39 is 0 Å². The summed E-state index contributed by atoms with van der Waals surface area (Å²) in [4.78, 5) is 4.14. The highest BCUT2D eigenvalue weighted by Gasteiger charge is 2.48. The molecule has 0 aromatic rings. The van der Waals surface area contributed by atoms with Gasteiger partial charge in [-0.25, -0.2) is 0 Å². The minimum Gasteiger partial charge on any atom is -0.289 e. The van der Waals surface area contributed by atoms with Crippen molar-refractivity contribution < 1.29 is 0 Å². The third-order valence-electron chi connectivity index (χ3n) is 3.26. The Bertz CT molecular complexity index is 311. The average Bonchev–Trinajstić information content (AvgIpc) is 2.12. The second kappa shape index (κ2) is 2.69. The van der Waals surface area contributed by atoms with E-state index in [1.54, 1.807) is 0 Å². The largest absolute Gasteiger partial charge is 0.289 e. The Balaban J connectivity index is 3.06. The van der Waals surface area contributed by atoms with Gasteiger partial charge in [0, 0.05) is 5.41 Å². The van der Waals surface area contributed by atoms with Gasteiger partial charge in [0.05, 0.1) is 5.54 Å². The van der Waals surface area contributed by atoms with E-state index in [1.165, 1.54) is 0 Å². The fourth-order valence-corrected chi connectivity index (χ4v) is 1.64. The van der Waals surface area contributed by atoms with Crippen LogP contribution in [0.3, 0.4) is 0 Å². The van der Waals surface area contributed by atoms with Gasteiger partial charge in [0.15, 0.2) is 0 Å². The lowest BCUT2D eigenvalue weighted by atomic mass is 9.59. The van der Waals surface area contributed by atoms with Crippen molar-refractivity contribution in [2.75, 3.05) is 0 Å². The van der Waals surface area contributed by atoms with Crippen molar-refractivity contribution >= 4 is 6.72 Å². The molecule has 0 amide bonds. The first-order valence-electron chi connectivity index (χ1n) is 4.41. The van der Waals surface area contributed by atoms with Gasteiger partial charge in [0.2, 0.25) is 0 Å². The molecule has 1 rings (SSSR count). The highest BCUT2D eigenvalue weighted by Crippen LogP contribution is 2.51. The molecule has 0 aliphatic heterocycles. The van der Waals surface area contributed by atoms with Gasteiger partial charge in [0.1, 0.15) is 0 Å². The number of rotatable bonds is 3. The lowest BCUT2D eigenvalue weighted by Crippen LogP contribution is -2.47. The summed E-state index contributed by atoms with van der Waals surface area (Å²) in [7, 11) is 0. The van der Waals surface area contributed by atoms with Gasteiger partial charge < -0.3 is 0 Å². The van der Waals surface area contributed by atoms with Gasteiger partial charge in [-0.2, -0.15) is 0 Å². The van der Waals surface area contributed by atoms with Crippen molar-refractivity contribution in [1.82, 2.24) is 0 Å². The van der Waals surface area contributed by atoms with E-state index in [4.69, 9.17) is 0 Å². The van der Waals surface area contributed by atoms with E-state index in [0.29, 0.717) is 0 Å². The molecule has 0 spiro atoms. The summed E-state index contributed by atoms with van der Waals surface area (Å²) in [6, 6.07) is 0. The zero-order chi connectivity index (χ0) is 10.3. The summed E-state index contributed by atoms with van der Waals surface area (Å²) in [5, 5.41) is 0. The first-order chi connectivity index (χ1) is 5.87. The molecule has 2 atom stereocenters. The number of hydrogen-bond donors (Lipinski definition) is 0. The second-order valence-corrected chi connectivity index (χ2v) is 4.10. The minimum atomic E-state index is -0.205. The van der Waals surface area contributed by atoms with Crippen LogP contribution in [0.1, 0.15) is 20.8 Å². The van der Waals surface area contributed by atoms with Crippen molar-refractivity contribution in [1.29, 1.82) is 0 Å². The smallest absolute Gasteiger partial charge is 0.0880 e. The molecular formula is C12H17N. The molecule has 2 unspecified atom stereocenters. The lowest BCUT2D eigenvalue weighted by molar-refractivity contribution is 0.296. The predicted octanol–water partition coefficient (Wildman–Crippen LogP) is 3.15. The maximum absolute atomic E-state index is 4.14. The van der Waals surface area contributed by atoms with Crippen molar-refractivity contribution in [3.8, 4) is 0 Å². The average molecular weight is 175 g/mol. The molecule has 0 bridgehead atoms. The Labute approximate surface area is 80.6 Å². The molecule has 0 aromatic carbocycles. The van der Waals surface area contributed by atoms with Crippen LogP contribution in [0.4, 0.5) is 0 Å². The van der Waals surface area contributed by atoms with Crippen molar-refractivity contribution in [3.05, 3.63) is 36.5 Å². The maximum Gasteiger partial charge on any atom is 0.0880 e.